The molecule has 7 nitrogen and oxygen atoms in total. The van der Waals surface area contributed by atoms with Crippen molar-refractivity contribution in [1.82, 2.24) is 20.9 Å². The van der Waals surface area contributed by atoms with Crippen LogP contribution in [0.3, 0.4) is 0 Å². The largest absolute Gasteiger partial charge is 0.355 e. The number of piperidine rings is 1. The molecule has 0 aliphatic carbocycles. The zero-order valence-corrected chi connectivity index (χ0v) is 12.7. The molecule has 2 saturated heterocycles. The van der Waals surface area contributed by atoms with E-state index in [9.17, 15) is 14.4 Å². The van der Waals surface area contributed by atoms with Gasteiger partial charge >= 0.3 is 6.03 Å². The second-order valence-electron chi connectivity index (χ2n) is 6.03. The molecule has 2 rings (SSSR count). The third-order valence-corrected chi connectivity index (χ3v) is 4.33. The fraction of sp³-hybridized carbons (Fsp3) is 0.786. The number of nitrogens with zero attached hydrogens (tertiary/aromatic N) is 1. The van der Waals surface area contributed by atoms with Gasteiger partial charge in [0, 0.05) is 19.0 Å². The molecule has 2 heterocycles. The van der Waals surface area contributed by atoms with E-state index < -0.39 is 11.6 Å². The molecule has 3 N–H and O–H groups in total. The summed E-state index contributed by atoms with van der Waals surface area (Å²) in [7, 11) is 0. The van der Waals surface area contributed by atoms with E-state index in [2.05, 4.69) is 20.9 Å². The summed E-state index contributed by atoms with van der Waals surface area (Å²) in [4.78, 5) is 37.2. The minimum atomic E-state index is -0.865. The number of likely N-dealkylation sites (tertiary alicyclic amines) is 1. The minimum Gasteiger partial charge on any atom is -0.355 e. The van der Waals surface area contributed by atoms with Gasteiger partial charge in [0.1, 0.15) is 5.54 Å². The third kappa shape index (κ3) is 3.53. The van der Waals surface area contributed by atoms with Crippen molar-refractivity contribution in [2.75, 3.05) is 26.2 Å². The maximum atomic E-state index is 12.0. The van der Waals surface area contributed by atoms with Gasteiger partial charge in [0.15, 0.2) is 0 Å². The highest BCUT2D eigenvalue weighted by atomic mass is 16.2. The number of imide groups is 1. The maximum absolute atomic E-state index is 12.0. The molecule has 0 aromatic rings. The molecular weight excluding hydrogens is 272 g/mol. The summed E-state index contributed by atoms with van der Waals surface area (Å²) in [6, 6.07) is -0.430. The van der Waals surface area contributed by atoms with E-state index in [1.54, 1.807) is 6.92 Å². The summed E-state index contributed by atoms with van der Waals surface area (Å²) in [5.74, 6) is -0.228. The van der Waals surface area contributed by atoms with Crippen LogP contribution in [0.25, 0.3) is 0 Å². The smallest absolute Gasteiger partial charge is 0.322 e. The Bertz CT molecular complexity index is 440. The summed E-state index contributed by atoms with van der Waals surface area (Å²) in [5, 5.41) is 7.89. The van der Waals surface area contributed by atoms with E-state index in [0.717, 1.165) is 25.8 Å². The first-order valence-corrected chi connectivity index (χ1v) is 7.58. The van der Waals surface area contributed by atoms with Crippen molar-refractivity contribution in [3.8, 4) is 0 Å². The number of carbonyl (C=O) groups excluding carboxylic acids is 3. The average molecular weight is 296 g/mol. The molecule has 2 aliphatic heterocycles. The first-order chi connectivity index (χ1) is 9.95. The molecule has 7 heteroatoms. The normalized spacial score (nSPS) is 29.9. The number of urea groups is 1. The van der Waals surface area contributed by atoms with Gasteiger partial charge in [0.05, 0.1) is 6.54 Å². The minimum absolute atomic E-state index is 0.0163. The zero-order chi connectivity index (χ0) is 15.5. The van der Waals surface area contributed by atoms with Crippen LogP contribution in [0.5, 0.6) is 0 Å². The SMILES string of the molecule is CCCNC(=O)CN1CCC[C@H]([C@@]2(C)NC(=O)NC2=O)C1. The van der Waals surface area contributed by atoms with Crippen molar-refractivity contribution in [2.45, 2.75) is 38.6 Å². The topological polar surface area (TPSA) is 90.5 Å². The van der Waals surface area contributed by atoms with E-state index in [1.807, 2.05) is 6.92 Å². The first-order valence-electron chi connectivity index (χ1n) is 7.58. The zero-order valence-electron chi connectivity index (χ0n) is 12.7. The van der Waals surface area contributed by atoms with Crippen molar-refractivity contribution >= 4 is 17.8 Å². The van der Waals surface area contributed by atoms with Crippen LogP contribution >= 0.6 is 0 Å². The quantitative estimate of drug-likeness (QED) is 0.614. The van der Waals surface area contributed by atoms with Crippen LogP contribution in [-0.2, 0) is 9.59 Å². The maximum Gasteiger partial charge on any atom is 0.322 e. The van der Waals surface area contributed by atoms with Crippen LogP contribution in [0.2, 0.25) is 0 Å². The Kier molecular flexibility index (Phi) is 4.82. The highest BCUT2D eigenvalue weighted by Gasteiger charge is 2.48. The van der Waals surface area contributed by atoms with E-state index >= 15 is 0 Å². The standard InChI is InChI=1S/C14H24N4O3/c1-3-6-15-11(19)9-18-7-4-5-10(8-18)14(2)12(20)16-13(21)17-14/h10H,3-9H2,1-2H3,(H,15,19)(H2,16,17,20,21)/t10-,14+/m0/s1. The lowest BCUT2D eigenvalue weighted by Gasteiger charge is -2.39. The molecule has 0 aromatic heterocycles. The molecule has 0 saturated carbocycles. The second kappa shape index (κ2) is 6.43. The van der Waals surface area contributed by atoms with Crippen molar-refractivity contribution in [2.24, 2.45) is 5.92 Å². The predicted molar refractivity (Wildman–Crippen MR) is 77.5 cm³/mol. The van der Waals surface area contributed by atoms with Crippen LogP contribution in [0, 0.1) is 5.92 Å². The van der Waals surface area contributed by atoms with E-state index in [1.165, 1.54) is 0 Å². The summed E-state index contributed by atoms with van der Waals surface area (Å²) >= 11 is 0. The van der Waals surface area contributed by atoms with E-state index in [4.69, 9.17) is 0 Å². The molecular formula is C14H24N4O3. The monoisotopic (exact) mass is 296 g/mol. The molecule has 118 valence electrons. The van der Waals surface area contributed by atoms with Crippen LogP contribution in [0.4, 0.5) is 4.79 Å². The lowest BCUT2D eigenvalue weighted by atomic mass is 9.80. The van der Waals surface area contributed by atoms with Gasteiger partial charge in [-0.1, -0.05) is 6.92 Å². The molecule has 0 spiro atoms. The summed E-state index contributed by atoms with van der Waals surface area (Å²) in [6.07, 6.45) is 2.71. The number of nitrogens with one attached hydrogen (secondary N) is 3. The Hall–Kier alpha value is -1.63. The molecule has 0 aromatic carbocycles. The van der Waals surface area contributed by atoms with Gasteiger partial charge in [0.2, 0.25) is 5.91 Å². The summed E-state index contributed by atoms with van der Waals surface area (Å²) in [6.45, 7) is 6.30. The van der Waals surface area contributed by atoms with Crippen LogP contribution in [-0.4, -0.2) is 54.5 Å². The van der Waals surface area contributed by atoms with Gasteiger partial charge in [-0.3, -0.25) is 19.8 Å². The van der Waals surface area contributed by atoms with Gasteiger partial charge < -0.3 is 10.6 Å². The van der Waals surface area contributed by atoms with Gasteiger partial charge in [-0.25, -0.2) is 4.79 Å². The molecule has 2 aliphatic rings. The summed E-state index contributed by atoms with van der Waals surface area (Å²) < 4.78 is 0. The molecule has 21 heavy (non-hydrogen) atoms. The second-order valence-corrected chi connectivity index (χ2v) is 6.03. The fourth-order valence-corrected chi connectivity index (χ4v) is 3.04. The molecule has 0 unspecified atom stereocenters. The Morgan fingerprint density at radius 2 is 2.24 bits per heavy atom. The van der Waals surface area contributed by atoms with E-state index in [0.29, 0.717) is 19.6 Å². The molecule has 2 atom stereocenters. The lowest BCUT2D eigenvalue weighted by molar-refractivity contribution is -0.126. The number of amides is 4. The fourth-order valence-electron chi connectivity index (χ4n) is 3.04. The Morgan fingerprint density at radius 1 is 1.48 bits per heavy atom. The van der Waals surface area contributed by atoms with Crippen molar-refractivity contribution < 1.29 is 14.4 Å². The van der Waals surface area contributed by atoms with Crippen LogP contribution < -0.4 is 16.0 Å². The number of carbonyl (C=O) groups is 3. The van der Waals surface area contributed by atoms with Gasteiger partial charge in [-0.15, -0.1) is 0 Å². The highest BCUT2D eigenvalue weighted by molar-refractivity contribution is 6.07. The molecule has 0 bridgehead atoms. The summed E-state index contributed by atoms with van der Waals surface area (Å²) in [5.41, 5.74) is -0.865. The van der Waals surface area contributed by atoms with Crippen molar-refractivity contribution in [3.05, 3.63) is 0 Å². The molecule has 2 fully saturated rings. The Morgan fingerprint density at radius 3 is 2.86 bits per heavy atom. The van der Waals surface area contributed by atoms with Crippen LogP contribution in [0.1, 0.15) is 33.1 Å². The van der Waals surface area contributed by atoms with Crippen LogP contribution in [0.15, 0.2) is 0 Å². The van der Waals surface area contributed by atoms with Gasteiger partial charge in [0.25, 0.3) is 5.91 Å². The number of rotatable bonds is 5. The third-order valence-electron chi connectivity index (χ3n) is 4.33. The number of hydrogen-bond acceptors (Lipinski definition) is 4. The highest BCUT2D eigenvalue weighted by Crippen LogP contribution is 2.29. The lowest BCUT2D eigenvalue weighted by Crippen LogP contribution is -2.56. The number of hydrogen-bond donors (Lipinski definition) is 3. The van der Waals surface area contributed by atoms with Crippen molar-refractivity contribution in [3.63, 3.8) is 0 Å². The Labute approximate surface area is 124 Å². The molecule has 0 radical (unpaired) electrons. The van der Waals surface area contributed by atoms with Gasteiger partial charge in [-0.05, 0) is 32.7 Å². The molecule has 4 amide bonds. The van der Waals surface area contributed by atoms with Gasteiger partial charge in [-0.2, -0.15) is 0 Å². The van der Waals surface area contributed by atoms with E-state index in [-0.39, 0.29) is 17.7 Å². The first kappa shape index (κ1) is 15.8. The average Bonchev–Trinajstić information content (AvgIpc) is 2.71. The van der Waals surface area contributed by atoms with Crippen molar-refractivity contribution in [1.29, 1.82) is 0 Å². The predicted octanol–water partition coefficient (Wildman–Crippen LogP) is -0.177. The Balaban J connectivity index is 1.93.